The van der Waals surface area contributed by atoms with Crippen LogP contribution in [-0.2, 0) is 4.79 Å². The molecule has 1 aromatic rings. The monoisotopic (exact) mass is 280 g/mol. The van der Waals surface area contributed by atoms with E-state index in [1.807, 2.05) is 11.8 Å². The highest BCUT2D eigenvalue weighted by molar-refractivity contribution is 5.95. The van der Waals surface area contributed by atoms with Gasteiger partial charge in [0.15, 0.2) is 0 Å². The Morgan fingerprint density at radius 1 is 1.50 bits per heavy atom. The van der Waals surface area contributed by atoms with Crippen LogP contribution < -0.4 is 5.32 Å². The van der Waals surface area contributed by atoms with Crippen molar-refractivity contribution in [1.29, 1.82) is 0 Å². The number of aryl methyl sites for hydroxylation is 1. The fourth-order valence-corrected chi connectivity index (χ4v) is 2.56. The number of likely N-dealkylation sites (N-methyl/N-ethyl adjacent to an activating group) is 1. The first-order valence-electron chi connectivity index (χ1n) is 6.82. The lowest BCUT2D eigenvalue weighted by atomic mass is 9.85. The number of carbonyl (C=O) groups is 2. The van der Waals surface area contributed by atoms with Crippen molar-refractivity contribution in [2.45, 2.75) is 38.8 Å². The highest BCUT2D eigenvalue weighted by Crippen LogP contribution is 2.26. The van der Waals surface area contributed by atoms with Crippen molar-refractivity contribution >= 4 is 11.9 Å². The van der Waals surface area contributed by atoms with E-state index >= 15 is 0 Å². The van der Waals surface area contributed by atoms with E-state index in [1.165, 1.54) is 6.26 Å². The summed E-state index contributed by atoms with van der Waals surface area (Å²) < 4.78 is 5.11. The minimum atomic E-state index is -0.812. The molecule has 1 fully saturated rings. The molecular formula is C14H20N2O4. The van der Waals surface area contributed by atoms with Crippen LogP contribution in [0.2, 0.25) is 0 Å². The Balaban J connectivity index is 1.80. The van der Waals surface area contributed by atoms with E-state index in [0.29, 0.717) is 17.9 Å². The number of carbonyl (C=O) groups excluding carboxylic acids is 1. The Bertz CT molecular complexity index is 491. The molecule has 1 aromatic heterocycles. The first-order chi connectivity index (χ1) is 9.51. The standard InChI is InChI=1S/C14H20N2O4/c1-3-16(8-13(17)18)11-6-10(7-11)15-14(19)12-4-5-20-9(12)2/h4-5,10-11H,3,6-8H2,1-2H3,(H,15,19)(H,17,18). The maximum Gasteiger partial charge on any atom is 0.317 e. The molecule has 0 bridgehead atoms. The van der Waals surface area contributed by atoms with Gasteiger partial charge in [0.05, 0.1) is 18.4 Å². The molecule has 1 aliphatic carbocycles. The number of hydrogen-bond donors (Lipinski definition) is 2. The topological polar surface area (TPSA) is 82.8 Å². The molecule has 0 aliphatic heterocycles. The average Bonchev–Trinajstić information content (AvgIpc) is 2.76. The van der Waals surface area contributed by atoms with Crippen molar-refractivity contribution in [3.8, 4) is 0 Å². The predicted molar refractivity (Wildman–Crippen MR) is 72.6 cm³/mol. The Hall–Kier alpha value is -1.82. The maximum atomic E-state index is 12.0. The van der Waals surface area contributed by atoms with Gasteiger partial charge in [-0.1, -0.05) is 6.92 Å². The van der Waals surface area contributed by atoms with E-state index < -0.39 is 5.97 Å². The van der Waals surface area contributed by atoms with Gasteiger partial charge in [-0.2, -0.15) is 0 Å². The van der Waals surface area contributed by atoms with Crippen LogP contribution in [0, 0.1) is 6.92 Å². The first kappa shape index (κ1) is 14.6. The third kappa shape index (κ3) is 3.19. The van der Waals surface area contributed by atoms with Gasteiger partial charge < -0.3 is 14.8 Å². The van der Waals surface area contributed by atoms with Crippen molar-refractivity contribution in [3.05, 3.63) is 23.7 Å². The van der Waals surface area contributed by atoms with Gasteiger partial charge in [0.25, 0.3) is 5.91 Å². The lowest BCUT2D eigenvalue weighted by molar-refractivity contribution is -0.139. The summed E-state index contributed by atoms with van der Waals surface area (Å²) in [7, 11) is 0. The fourth-order valence-electron chi connectivity index (χ4n) is 2.56. The highest BCUT2D eigenvalue weighted by atomic mass is 16.4. The average molecular weight is 280 g/mol. The summed E-state index contributed by atoms with van der Waals surface area (Å²) in [4.78, 5) is 24.6. The Morgan fingerprint density at radius 2 is 2.20 bits per heavy atom. The van der Waals surface area contributed by atoms with Crippen LogP contribution >= 0.6 is 0 Å². The first-order valence-corrected chi connectivity index (χ1v) is 6.82. The van der Waals surface area contributed by atoms with E-state index in [-0.39, 0.29) is 24.5 Å². The number of carboxylic acids is 1. The lowest BCUT2D eigenvalue weighted by Crippen LogP contribution is -2.54. The molecule has 1 amide bonds. The number of furan rings is 1. The number of aliphatic carboxylic acids is 1. The second-order valence-electron chi connectivity index (χ2n) is 5.14. The van der Waals surface area contributed by atoms with Crippen LogP contribution in [0.4, 0.5) is 0 Å². The molecule has 0 radical (unpaired) electrons. The van der Waals surface area contributed by atoms with Crippen LogP contribution in [0.25, 0.3) is 0 Å². The molecular weight excluding hydrogens is 260 g/mol. The molecule has 2 N–H and O–H groups in total. The second kappa shape index (κ2) is 6.09. The van der Waals surface area contributed by atoms with Gasteiger partial charge in [-0.3, -0.25) is 14.5 Å². The smallest absolute Gasteiger partial charge is 0.317 e. The Labute approximate surface area is 117 Å². The van der Waals surface area contributed by atoms with Gasteiger partial charge in [0.1, 0.15) is 5.76 Å². The van der Waals surface area contributed by atoms with E-state index in [4.69, 9.17) is 9.52 Å². The minimum absolute atomic E-state index is 0.0582. The summed E-state index contributed by atoms with van der Waals surface area (Å²) in [6, 6.07) is 2.01. The molecule has 1 heterocycles. The Kier molecular flexibility index (Phi) is 4.44. The predicted octanol–water partition coefficient (Wildman–Crippen LogP) is 1.26. The minimum Gasteiger partial charge on any atom is -0.480 e. The molecule has 0 saturated heterocycles. The van der Waals surface area contributed by atoms with Crippen molar-refractivity contribution < 1.29 is 19.1 Å². The summed E-state index contributed by atoms with van der Waals surface area (Å²) in [5.41, 5.74) is 0.561. The number of rotatable bonds is 6. The molecule has 0 atom stereocenters. The van der Waals surface area contributed by atoms with Crippen LogP contribution in [0.3, 0.4) is 0 Å². The molecule has 0 spiro atoms. The largest absolute Gasteiger partial charge is 0.480 e. The van der Waals surface area contributed by atoms with Crippen molar-refractivity contribution in [1.82, 2.24) is 10.2 Å². The zero-order valence-electron chi connectivity index (χ0n) is 11.8. The van der Waals surface area contributed by atoms with E-state index in [0.717, 1.165) is 12.8 Å². The number of nitrogens with zero attached hydrogens (tertiary/aromatic N) is 1. The number of carboxylic acid groups (broad SMARTS) is 1. The summed E-state index contributed by atoms with van der Waals surface area (Å²) in [6.07, 6.45) is 3.09. The molecule has 6 nitrogen and oxygen atoms in total. The molecule has 0 unspecified atom stereocenters. The third-order valence-corrected chi connectivity index (χ3v) is 3.81. The molecule has 20 heavy (non-hydrogen) atoms. The zero-order chi connectivity index (χ0) is 14.7. The summed E-state index contributed by atoms with van der Waals surface area (Å²) >= 11 is 0. The molecule has 0 aromatic carbocycles. The van der Waals surface area contributed by atoms with E-state index in [2.05, 4.69) is 5.32 Å². The lowest BCUT2D eigenvalue weighted by Gasteiger charge is -2.42. The summed E-state index contributed by atoms with van der Waals surface area (Å²) in [5, 5.41) is 11.8. The SMILES string of the molecule is CCN(CC(=O)O)C1CC(NC(=O)c2ccoc2C)C1. The van der Waals surface area contributed by atoms with Gasteiger partial charge >= 0.3 is 5.97 Å². The zero-order valence-corrected chi connectivity index (χ0v) is 11.8. The highest BCUT2D eigenvalue weighted by Gasteiger charge is 2.35. The van der Waals surface area contributed by atoms with Gasteiger partial charge in [0, 0.05) is 12.1 Å². The number of amides is 1. The van der Waals surface area contributed by atoms with Crippen LogP contribution in [0.5, 0.6) is 0 Å². The molecule has 1 saturated carbocycles. The number of nitrogens with one attached hydrogen (secondary N) is 1. The van der Waals surface area contributed by atoms with Gasteiger partial charge in [-0.25, -0.2) is 0 Å². The van der Waals surface area contributed by atoms with E-state index in [9.17, 15) is 9.59 Å². The van der Waals surface area contributed by atoms with Gasteiger partial charge in [-0.05, 0) is 32.4 Å². The maximum absolute atomic E-state index is 12.0. The van der Waals surface area contributed by atoms with Crippen LogP contribution in [0.1, 0.15) is 35.9 Å². The molecule has 1 aliphatic rings. The number of hydrogen-bond acceptors (Lipinski definition) is 4. The molecule has 6 heteroatoms. The van der Waals surface area contributed by atoms with Gasteiger partial charge in [0.2, 0.25) is 0 Å². The van der Waals surface area contributed by atoms with Crippen LogP contribution in [-0.4, -0.2) is 47.1 Å². The fraction of sp³-hybridized carbons (Fsp3) is 0.571. The molecule has 110 valence electrons. The second-order valence-corrected chi connectivity index (χ2v) is 5.14. The third-order valence-electron chi connectivity index (χ3n) is 3.81. The van der Waals surface area contributed by atoms with E-state index in [1.54, 1.807) is 13.0 Å². The van der Waals surface area contributed by atoms with Crippen molar-refractivity contribution in [2.24, 2.45) is 0 Å². The van der Waals surface area contributed by atoms with Crippen molar-refractivity contribution in [3.63, 3.8) is 0 Å². The summed E-state index contributed by atoms with van der Waals surface area (Å²) in [6.45, 7) is 4.47. The van der Waals surface area contributed by atoms with Gasteiger partial charge in [-0.15, -0.1) is 0 Å². The molecule has 2 rings (SSSR count). The van der Waals surface area contributed by atoms with Crippen molar-refractivity contribution in [2.75, 3.05) is 13.1 Å². The normalized spacial score (nSPS) is 21.6. The summed E-state index contributed by atoms with van der Waals surface area (Å²) in [5.74, 6) is -0.325. The van der Waals surface area contributed by atoms with Crippen LogP contribution in [0.15, 0.2) is 16.7 Å². The Morgan fingerprint density at radius 3 is 2.70 bits per heavy atom. The quantitative estimate of drug-likeness (QED) is 0.819.